The minimum Gasteiger partial charge on any atom is -0.457 e. The number of benzene rings is 2. The van der Waals surface area contributed by atoms with E-state index in [9.17, 15) is 29.8 Å². The molecule has 16 nitrogen and oxygen atoms in total. The van der Waals surface area contributed by atoms with E-state index < -0.39 is 21.0 Å². The number of aromatic nitrogens is 2. The summed E-state index contributed by atoms with van der Waals surface area (Å²) < 4.78 is 11.1. The van der Waals surface area contributed by atoms with E-state index in [0.29, 0.717) is 34.4 Å². The predicted molar refractivity (Wildman–Crippen MR) is 186 cm³/mol. The highest BCUT2D eigenvalue weighted by atomic mass is 35.5. The summed E-state index contributed by atoms with van der Waals surface area (Å²) in [6.45, 7) is 0. The SMILES string of the molecule is C.CNc1ccc(Oc2ccnc(N)c2)cc1[N+](=O)[O-].CNc1ccc(Oc2ccnc(NC(=O)CCl)c2)cc1[N+](=O)[O-].O=C(Cl)CCl. The number of pyridine rings is 2. The summed E-state index contributed by atoms with van der Waals surface area (Å²) in [7, 11) is 3.21. The third-order valence-corrected chi connectivity index (χ3v) is 6.08. The number of anilines is 4. The van der Waals surface area contributed by atoms with E-state index in [-0.39, 0.29) is 42.1 Å². The van der Waals surface area contributed by atoms with Gasteiger partial charge in [-0.05, 0) is 48.0 Å². The normalized spacial score (nSPS) is 9.52. The van der Waals surface area contributed by atoms with E-state index in [1.165, 1.54) is 36.7 Å². The first-order chi connectivity index (χ1) is 22.4. The molecule has 0 aliphatic rings. The molecule has 0 radical (unpaired) electrons. The molecule has 0 spiro atoms. The van der Waals surface area contributed by atoms with Gasteiger partial charge in [-0.25, -0.2) is 9.97 Å². The number of alkyl halides is 2. The lowest BCUT2D eigenvalue weighted by Crippen LogP contribution is -2.13. The van der Waals surface area contributed by atoms with Gasteiger partial charge in [-0.1, -0.05) is 7.43 Å². The Hall–Kier alpha value is -5.45. The van der Waals surface area contributed by atoms with Crippen molar-refractivity contribution < 1.29 is 28.9 Å². The molecule has 48 heavy (non-hydrogen) atoms. The van der Waals surface area contributed by atoms with Crippen LogP contribution in [-0.4, -0.2) is 56.8 Å². The van der Waals surface area contributed by atoms with Crippen molar-refractivity contribution in [1.29, 1.82) is 0 Å². The van der Waals surface area contributed by atoms with Crippen LogP contribution in [0.4, 0.5) is 34.4 Å². The summed E-state index contributed by atoms with van der Waals surface area (Å²) in [6.07, 6.45) is 2.94. The van der Waals surface area contributed by atoms with E-state index in [2.05, 4.69) is 25.9 Å². The number of carbonyl (C=O) groups excluding carboxylic acids is 2. The van der Waals surface area contributed by atoms with Crippen molar-refractivity contribution in [2.24, 2.45) is 0 Å². The van der Waals surface area contributed by atoms with Crippen LogP contribution in [0, 0.1) is 20.2 Å². The maximum atomic E-state index is 11.2. The van der Waals surface area contributed by atoms with Gasteiger partial charge in [0.2, 0.25) is 11.1 Å². The van der Waals surface area contributed by atoms with E-state index >= 15 is 0 Å². The van der Waals surface area contributed by atoms with E-state index in [1.807, 2.05) is 0 Å². The minimum absolute atomic E-state index is 0. The highest BCUT2D eigenvalue weighted by Gasteiger charge is 2.16. The second-order valence-electron chi connectivity index (χ2n) is 8.54. The topological polar surface area (TPSA) is 227 Å². The summed E-state index contributed by atoms with van der Waals surface area (Å²) >= 11 is 15.0. The lowest BCUT2D eigenvalue weighted by Gasteiger charge is -2.09. The number of nitro groups is 2. The maximum absolute atomic E-state index is 11.2. The molecule has 2 heterocycles. The monoisotopic (exact) mass is 724 g/mol. The Balaban J connectivity index is 0.000000418. The molecule has 256 valence electrons. The lowest BCUT2D eigenvalue weighted by molar-refractivity contribution is -0.384. The first kappa shape index (κ1) is 40.6. The maximum Gasteiger partial charge on any atom is 0.296 e. The van der Waals surface area contributed by atoms with Crippen molar-refractivity contribution in [3.8, 4) is 23.0 Å². The number of nitrogen functional groups attached to an aromatic ring is 1. The molecular weight excluding hydrogens is 695 g/mol. The Morgan fingerprint density at radius 3 is 1.60 bits per heavy atom. The zero-order chi connectivity index (χ0) is 34.9. The Morgan fingerprint density at radius 1 is 0.771 bits per heavy atom. The van der Waals surface area contributed by atoms with Crippen LogP contribution < -0.4 is 31.2 Å². The van der Waals surface area contributed by atoms with E-state index in [0.717, 1.165) is 0 Å². The first-order valence-corrected chi connectivity index (χ1v) is 14.4. The molecule has 0 saturated heterocycles. The van der Waals surface area contributed by atoms with Gasteiger partial charge in [0.1, 0.15) is 51.9 Å². The van der Waals surface area contributed by atoms with Crippen molar-refractivity contribution >= 4 is 80.3 Å². The number of amides is 1. The smallest absolute Gasteiger partial charge is 0.296 e. The fourth-order valence-corrected chi connectivity index (χ4v) is 3.42. The Morgan fingerprint density at radius 2 is 1.21 bits per heavy atom. The van der Waals surface area contributed by atoms with Gasteiger partial charge < -0.3 is 31.2 Å². The molecule has 2 aromatic heterocycles. The number of ether oxygens (including phenoxy) is 2. The van der Waals surface area contributed by atoms with Crippen molar-refractivity contribution in [2.75, 3.05) is 47.5 Å². The second-order valence-corrected chi connectivity index (χ2v) is 9.50. The molecule has 19 heteroatoms. The molecule has 0 fully saturated rings. The van der Waals surface area contributed by atoms with Crippen molar-refractivity contribution in [1.82, 2.24) is 9.97 Å². The number of nitrogens with two attached hydrogens (primary N) is 1. The Kier molecular flexibility index (Phi) is 17.4. The largest absolute Gasteiger partial charge is 0.457 e. The number of halogens is 3. The van der Waals surface area contributed by atoms with E-state index in [4.69, 9.17) is 50.0 Å². The molecule has 4 aromatic rings. The Bertz CT molecular complexity index is 1720. The molecular formula is C29H31Cl3N8O8. The fraction of sp³-hybridized carbons (Fsp3) is 0.172. The standard InChI is InChI=1S/C14H13ClN4O4.C12H12N4O3.C2H2Cl2O.CH4/c1-16-11-3-2-9(6-12(11)19(21)22)23-10-4-5-17-13(7-10)18-14(20)8-15;1-14-10-3-2-8(6-11(10)16(17)18)19-9-4-5-15-12(13)7-9;3-1-2(4)5;/h2-7,16H,8H2,1H3,(H,17,18,20);2-7,14H,1H3,(H2,13,15);1H2;1H4. The number of nitrogens with one attached hydrogen (secondary N) is 3. The molecule has 2 aromatic carbocycles. The van der Waals surface area contributed by atoms with Crippen LogP contribution in [0.25, 0.3) is 0 Å². The zero-order valence-corrected chi connectivity index (χ0v) is 26.9. The molecule has 0 unspecified atom stereocenters. The molecule has 0 aliphatic heterocycles. The van der Waals surface area contributed by atoms with Crippen LogP contribution in [0.5, 0.6) is 23.0 Å². The van der Waals surface area contributed by atoms with Crippen molar-refractivity contribution in [3.05, 3.63) is 93.3 Å². The molecule has 5 N–H and O–H groups in total. The average molecular weight is 726 g/mol. The van der Waals surface area contributed by atoms with Crippen LogP contribution >= 0.6 is 34.8 Å². The van der Waals surface area contributed by atoms with Gasteiger partial charge in [0.25, 0.3) is 11.4 Å². The zero-order valence-electron chi connectivity index (χ0n) is 24.6. The molecule has 0 saturated carbocycles. The predicted octanol–water partition coefficient (Wildman–Crippen LogP) is 7.03. The third-order valence-electron chi connectivity index (χ3n) is 5.32. The highest BCUT2D eigenvalue weighted by molar-refractivity contribution is 6.67. The van der Waals surface area contributed by atoms with Crippen molar-refractivity contribution in [2.45, 2.75) is 7.43 Å². The molecule has 0 atom stereocenters. The summed E-state index contributed by atoms with van der Waals surface area (Å²) in [5, 5.41) is 29.4. The number of nitro benzene ring substituents is 2. The van der Waals surface area contributed by atoms with Crippen LogP contribution in [0.15, 0.2) is 73.1 Å². The number of nitrogens with zero attached hydrogens (tertiary/aromatic N) is 4. The van der Waals surface area contributed by atoms with Gasteiger partial charge in [0.05, 0.1) is 27.9 Å². The van der Waals surface area contributed by atoms with Crippen molar-refractivity contribution in [3.63, 3.8) is 0 Å². The van der Waals surface area contributed by atoms with Crippen LogP contribution in [0.1, 0.15) is 7.43 Å². The lowest BCUT2D eigenvalue weighted by atomic mass is 10.2. The van der Waals surface area contributed by atoms with Gasteiger partial charge in [0.15, 0.2) is 0 Å². The van der Waals surface area contributed by atoms with Gasteiger partial charge in [-0.2, -0.15) is 0 Å². The summed E-state index contributed by atoms with van der Waals surface area (Å²) in [6, 6.07) is 15.2. The molecule has 0 bridgehead atoms. The number of hydrogen-bond acceptors (Lipinski definition) is 13. The minimum atomic E-state index is -0.508. The van der Waals surface area contributed by atoms with E-state index in [1.54, 1.807) is 50.5 Å². The first-order valence-electron chi connectivity index (χ1n) is 13.0. The number of hydrogen-bond donors (Lipinski definition) is 4. The summed E-state index contributed by atoms with van der Waals surface area (Å²) in [5.74, 6) is 1.40. The second kappa shape index (κ2) is 20.6. The van der Waals surface area contributed by atoms with Crippen LogP contribution in [-0.2, 0) is 9.59 Å². The fourth-order valence-electron chi connectivity index (χ4n) is 3.36. The molecule has 0 aliphatic carbocycles. The van der Waals surface area contributed by atoms with Gasteiger partial charge >= 0.3 is 0 Å². The van der Waals surface area contributed by atoms with Crippen LogP contribution in [0.3, 0.4) is 0 Å². The molecule has 4 rings (SSSR count). The van der Waals surface area contributed by atoms with Gasteiger partial charge in [0, 0.05) is 38.6 Å². The van der Waals surface area contributed by atoms with Crippen LogP contribution in [0.2, 0.25) is 0 Å². The summed E-state index contributed by atoms with van der Waals surface area (Å²) in [5.41, 5.74) is 6.18. The van der Waals surface area contributed by atoms with Gasteiger partial charge in [-0.15, -0.1) is 23.2 Å². The Labute approximate surface area is 289 Å². The third kappa shape index (κ3) is 13.5. The quantitative estimate of drug-likeness (QED) is 0.0527. The summed E-state index contributed by atoms with van der Waals surface area (Å²) in [4.78, 5) is 49.4. The average Bonchev–Trinajstić information content (AvgIpc) is 3.05. The highest BCUT2D eigenvalue weighted by Crippen LogP contribution is 2.32. The number of carbonyl (C=O) groups is 2. The number of rotatable bonds is 11. The molecule has 1 amide bonds. The van der Waals surface area contributed by atoms with Gasteiger partial charge in [-0.3, -0.25) is 29.8 Å².